The fraction of sp³-hybridized carbons (Fsp3) is 0.241. The zero-order valence-corrected chi connectivity index (χ0v) is 21.5. The lowest BCUT2D eigenvalue weighted by molar-refractivity contribution is 0.0407. The summed E-state index contributed by atoms with van der Waals surface area (Å²) in [6.07, 6.45) is 2.57. The molecular weight excluding hydrogens is 498 g/mol. The van der Waals surface area contributed by atoms with E-state index in [1.54, 1.807) is 17.6 Å². The van der Waals surface area contributed by atoms with Gasteiger partial charge in [-0.3, -0.25) is 14.8 Å². The third-order valence-electron chi connectivity index (χ3n) is 7.43. The summed E-state index contributed by atoms with van der Waals surface area (Å²) in [5.41, 5.74) is 5.77. The van der Waals surface area contributed by atoms with Gasteiger partial charge in [-0.25, -0.2) is 0 Å². The Hall–Kier alpha value is -4.08. The topological polar surface area (TPSA) is 86.5 Å². The third kappa shape index (κ3) is 4.23. The molecule has 2 N–H and O–H groups in total. The first-order valence-electron chi connectivity index (χ1n) is 12.8. The van der Waals surface area contributed by atoms with E-state index >= 15 is 0 Å². The molecule has 1 atom stereocenters. The summed E-state index contributed by atoms with van der Waals surface area (Å²) in [6, 6.07) is 20.5. The molecule has 2 aliphatic heterocycles. The van der Waals surface area contributed by atoms with Crippen LogP contribution in [0.25, 0.3) is 32.5 Å². The van der Waals surface area contributed by atoms with Crippen LogP contribution in [0, 0.1) is 0 Å². The van der Waals surface area contributed by atoms with Crippen molar-refractivity contribution in [3.05, 3.63) is 89.2 Å². The minimum atomic E-state index is 0.0578. The fourth-order valence-electron chi connectivity index (χ4n) is 5.41. The number of benzene rings is 2. The second kappa shape index (κ2) is 9.66. The number of amides is 1. The van der Waals surface area contributed by atoms with Gasteiger partial charge in [-0.05, 0) is 41.6 Å². The highest BCUT2D eigenvalue weighted by atomic mass is 32.1. The number of thiophene rings is 1. The number of fused-ring (bicyclic) bond motifs is 2. The van der Waals surface area contributed by atoms with Crippen molar-refractivity contribution in [3.8, 4) is 11.4 Å². The standard InChI is InChI=1S/C29H27N5O3S/c35-29(21-7-6-20-15-24(30-23(20)16-21)27-28-22(31-32-27)8-13-38-28)34-11-9-33(10-12-34)25(26-17-36-18-37-26)14-19-4-2-1-3-5-19/h1-8,13,15-17,25,30H,9-12,14,18H2,(H,31,32). The van der Waals surface area contributed by atoms with E-state index in [1.165, 1.54) is 5.56 Å². The number of carbonyl (C=O) groups is 1. The van der Waals surface area contributed by atoms with Crippen molar-refractivity contribution in [2.24, 2.45) is 0 Å². The molecule has 1 fully saturated rings. The Morgan fingerprint density at radius 2 is 1.89 bits per heavy atom. The van der Waals surface area contributed by atoms with Crippen LogP contribution in [0.4, 0.5) is 0 Å². The lowest BCUT2D eigenvalue weighted by Gasteiger charge is -2.39. The van der Waals surface area contributed by atoms with Crippen molar-refractivity contribution in [1.29, 1.82) is 0 Å². The van der Waals surface area contributed by atoms with E-state index in [9.17, 15) is 4.79 Å². The summed E-state index contributed by atoms with van der Waals surface area (Å²) in [5, 5.41) is 10.7. The number of aromatic nitrogens is 3. The van der Waals surface area contributed by atoms with Crippen LogP contribution in [0.3, 0.4) is 0 Å². The summed E-state index contributed by atoms with van der Waals surface area (Å²) >= 11 is 1.67. The van der Waals surface area contributed by atoms with Crippen molar-refractivity contribution in [1.82, 2.24) is 25.0 Å². The van der Waals surface area contributed by atoms with Gasteiger partial charge in [0, 0.05) is 42.6 Å². The van der Waals surface area contributed by atoms with E-state index in [-0.39, 0.29) is 18.7 Å². The molecule has 0 aliphatic carbocycles. The van der Waals surface area contributed by atoms with Crippen LogP contribution in [0.15, 0.2) is 78.1 Å². The second-order valence-corrected chi connectivity index (χ2v) is 10.6. The van der Waals surface area contributed by atoms with Gasteiger partial charge in [0.05, 0.1) is 22.0 Å². The molecule has 5 heterocycles. The van der Waals surface area contributed by atoms with E-state index in [1.807, 2.05) is 35.2 Å². The van der Waals surface area contributed by atoms with E-state index < -0.39 is 0 Å². The number of hydrogen-bond donors (Lipinski definition) is 2. The highest BCUT2D eigenvalue weighted by molar-refractivity contribution is 7.17. The van der Waals surface area contributed by atoms with Gasteiger partial charge in [0.2, 0.25) is 6.79 Å². The third-order valence-corrected chi connectivity index (χ3v) is 8.35. The predicted molar refractivity (Wildman–Crippen MR) is 148 cm³/mol. The molecule has 1 saturated heterocycles. The first-order valence-corrected chi connectivity index (χ1v) is 13.7. The SMILES string of the molecule is O=C(c1ccc2cc(-c3n[nH]c4ccsc34)[nH]c2c1)N1CCN(C(Cc2ccccc2)C2=COCO2)CC1. The van der Waals surface area contributed by atoms with Crippen LogP contribution in [0.5, 0.6) is 0 Å². The van der Waals surface area contributed by atoms with Crippen LogP contribution < -0.4 is 0 Å². The molecule has 0 saturated carbocycles. The van der Waals surface area contributed by atoms with Crippen LogP contribution >= 0.6 is 11.3 Å². The first kappa shape index (κ1) is 23.1. The van der Waals surface area contributed by atoms with Crippen molar-refractivity contribution in [3.63, 3.8) is 0 Å². The van der Waals surface area contributed by atoms with Gasteiger partial charge in [0.15, 0.2) is 5.76 Å². The average molecular weight is 526 g/mol. The molecule has 7 rings (SSSR count). The highest BCUT2D eigenvalue weighted by Gasteiger charge is 2.31. The van der Waals surface area contributed by atoms with E-state index in [0.29, 0.717) is 18.7 Å². The summed E-state index contributed by atoms with van der Waals surface area (Å²) in [6.45, 7) is 3.13. The molecule has 1 unspecified atom stereocenters. The largest absolute Gasteiger partial charge is 0.462 e. The number of piperazine rings is 1. The lowest BCUT2D eigenvalue weighted by atomic mass is 10.0. The molecule has 192 valence electrons. The summed E-state index contributed by atoms with van der Waals surface area (Å²) in [4.78, 5) is 21.3. The van der Waals surface area contributed by atoms with Gasteiger partial charge in [-0.15, -0.1) is 11.3 Å². The molecule has 2 aliphatic rings. The number of nitrogens with zero attached hydrogens (tertiary/aromatic N) is 3. The number of H-pyrrole nitrogens is 2. The molecule has 0 bridgehead atoms. The van der Waals surface area contributed by atoms with Gasteiger partial charge in [0.25, 0.3) is 5.91 Å². The number of carbonyl (C=O) groups excluding carboxylic acids is 1. The predicted octanol–water partition coefficient (Wildman–Crippen LogP) is 4.99. The number of nitrogens with one attached hydrogen (secondary N) is 2. The number of ether oxygens (including phenoxy) is 2. The van der Waals surface area contributed by atoms with Crippen molar-refractivity contribution >= 4 is 38.4 Å². The van der Waals surface area contributed by atoms with Crippen molar-refractivity contribution in [2.75, 3.05) is 33.0 Å². The molecular formula is C29H27N5O3S. The molecule has 5 aromatic rings. The second-order valence-electron chi connectivity index (χ2n) is 9.70. The normalized spacial score (nSPS) is 16.9. The molecule has 8 nitrogen and oxygen atoms in total. The van der Waals surface area contributed by atoms with Crippen molar-refractivity contribution < 1.29 is 14.3 Å². The van der Waals surface area contributed by atoms with E-state index in [4.69, 9.17) is 9.47 Å². The molecule has 9 heteroatoms. The van der Waals surface area contributed by atoms with E-state index in [2.05, 4.69) is 55.8 Å². The van der Waals surface area contributed by atoms with Crippen LogP contribution in [0.2, 0.25) is 0 Å². The van der Waals surface area contributed by atoms with Crippen LogP contribution in [0.1, 0.15) is 15.9 Å². The molecule has 38 heavy (non-hydrogen) atoms. The molecule has 2 aromatic carbocycles. The minimum absolute atomic E-state index is 0.0578. The molecule has 0 radical (unpaired) electrons. The van der Waals surface area contributed by atoms with Gasteiger partial charge < -0.3 is 19.4 Å². The van der Waals surface area contributed by atoms with E-state index in [0.717, 1.165) is 57.8 Å². The maximum absolute atomic E-state index is 13.5. The zero-order chi connectivity index (χ0) is 25.5. The Kier molecular flexibility index (Phi) is 5.87. The maximum atomic E-state index is 13.5. The quantitative estimate of drug-likeness (QED) is 0.326. The minimum Gasteiger partial charge on any atom is -0.462 e. The zero-order valence-electron chi connectivity index (χ0n) is 20.7. The number of hydrogen-bond acceptors (Lipinski definition) is 6. The summed E-state index contributed by atoms with van der Waals surface area (Å²) < 4.78 is 12.3. The summed E-state index contributed by atoms with van der Waals surface area (Å²) in [5.74, 6) is 0.917. The Labute approximate surface area is 223 Å². The Balaban J connectivity index is 1.06. The average Bonchev–Trinajstić information content (AvgIpc) is 3.76. The Bertz CT molecular complexity index is 1630. The van der Waals surface area contributed by atoms with Crippen LogP contribution in [-0.4, -0.2) is 69.9 Å². The van der Waals surface area contributed by atoms with Gasteiger partial charge in [-0.1, -0.05) is 36.4 Å². The monoisotopic (exact) mass is 525 g/mol. The maximum Gasteiger partial charge on any atom is 0.254 e. The fourth-order valence-corrected chi connectivity index (χ4v) is 6.26. The van der Waals surface area contributed by atoms with Crippen molar-refractivity contribution in [2.45, 2.75) is 12.5 Å². The Morgan fingerprint density at radius 3 is 2.71 bits per heavy atom. The molecule has 3 aromatic heterocycles. The first-order chi connectivity index (χ1) is 18.7. The van der Waals surface area contributed by atoms with Gasteiger partial charge in [-0.2, -0.15) is 5.10 Å². The van der Waals surface area contributed by atoms with Gasteiger partial charge in [0.1, 0.15) is 12.0 Å². The van der Waals surface area contributed by atoms with Gasteiger partial charge >= 0.3 is 0 Å². The van der Waals surface area contributed by atoms with Crippen LogP contribution in [-0.2, 0) is 15.9 Å². The Morgan fingerprint density at radius 1 is 1.03 bits per heavy atom. The summed E-state index contributed by atoms with van der Waals surface area (Å²) in [7, 11) is 0. The highest BCUT2D eigenvalue weighted by Crippen LogP contribution is 2.32. The smallest absolute Gasteiger partial charge is 0.254 e. The molecule has 0 spiro atoms. The lowest BCUT2D eigenvalue weighted by Crippen LogP contribution is -2.53. The number of aromatic amines is 2. The number of rotatable bonds is 6. The molecule has 1 amide bonds.